The number of aromatic nitrogens is 1. The van der Waals surface area contributed by atoms with Gasteiger partial charge in [0.2, 0.25) is 0 Å². The van der Waals surface area contributed by atoms with Crippen molar-refractivity contribution >= 4 is 43.3 Å². The Kier molecular flexibility index (Phi) is 6.37. The lowest BCUT2D eigenvalue weighted by molar-refractivity contribution is -0.385. The van der Waals surface area contributed by atoms with Gasteiger partial charge in [-0.3, -0.25) is 14.6 Å². The lowest BCUT2D eigenvalue weighted by Crippen LogP contribution is -2.09. The highest BCUT2D eigenvalue weighted by molar-refractivity contribution is 6.01. The smallest absolute Gasteiger partial charge is 0.377 e. The number of rotatable bonds is 7. The van der Waals surface area contributed by atoms with Gasteiger partial charge in [-0.25, -0.2) is 0 Å². The number of H-pyrrole nitrogens is 1. The van der Waals surface area contributed by atoms with Crippen LogP contribution >= 0.6 is 0 Å². The van der Waals surface area contributed by atoms with E-state index in [0.717, 1.165) is 33.9 Å². The maximum absolute atomic E-state index is 11.5. The molecule has 0 atom stereocenters. The van der Waals surface area contributed by atoms with Crippen LogP contribution in [0.3, 0.4) is 0 Å². The van der Waals surface area contributed by atoms with Gasteiger partial charge in [0.15, 0.2) is 5.70 Å². The van der Waals surface area contributed by atoms with Crippen LogP contribution in [-0.2, 0) is 0 Å². The van der Waals surface area contributed by atoms with Gasteiger partial charge in [-0.1, -0.05) is 0 Å². The van der Waals surface area contributed by atoms with Crippen LogP contribution < -0.4 is 10.6 Å². The van der Waals surface area contributed by atoms with E-state index < -0.39 is 0 Å². The van der Waals surface area contributed by atoms with E-state index in [1.165, 1.54) is 0 Å². The first-order chi connectivity index (χ1) is 14.3. The first-order valence-corrected chi connectivity index (χ1v) is 9.64. The molecule has 0 unspecified atom stereocenters. The van der Waals surface area contributed by atoms with E-state index in [4.69, 9.17) is 13.7 Å². The Morgan fingerprint density at radius 3 is 2.70 bits per heavy atom. The van der Waals surface area contributed by atoms with Crippen molar-refractivity contribution in [3.63, 3.8) is 0 Å². The van der Waals surface area contributed by atoms with E-state index in [2.05, 4.69) is 4.98 Å². The van der Waals surface area contributed by atoms with Crippen LogP contribution in [0.5, 0.6) is 0 Å². The zero-order valence-corrected chi connectivity index (χ0v) is 17.4. The number of allylic oxidation sites excluding steroid dienone is 2. The Labute approximate surface area is 177 Å². The molecule has 152 valence electrons. The number of anilines is 1. The third-order valence-electron chi connectivity index (χ3n) is 4.99. The molecule has 1 aliphatic rings. The lowest BCUT2D eigenvalue weighted by Gasteiger charge is -2.12. The number of nitro benzene ring substituents is 1. The Morgan fingerprint density at radius 2 is 2.10 bits per heavy atom. The van der Waals surface area contributed by atoms with Gasteiger partial charge in [-0.15, -0.1) is 0 Å². The minimum Gasteiger partial charge on any atom is -0.377 e. The fraction of sp³-hybridized carbons (Fsp3) is 0.227. The zero-order valence-electron chi connectivity index (χ0n) is 17.4. The van der Waals surface area contributed by atoms with Gasteiger partial charge < -0.3 is 15.6 Å². The highest BCUT2D eigenvalue weighted by atomic mass is 16.6. The van der Waals surface area contributed by atoms with Gasteiger partial charge in [0.05, 0.1) is 16.2 Å². The molecule has 2 heterocycles. The van der Waals surface area contributed by atoms with Crippen molar-refractivity contribution in [2.45, 2.75) is 13.3 Å². The van der Waals surface area contributed by atoms with Crippen molar-refractivity contribution in [2.75, 3.05) is 25.5 Å². The topological polar surface area (TPSA) is 91.2 Å². The minimum absolute atomic E-state index is 0.0669. The first kappa shape index (κ1) is 21.3. The summed E-state index contributed by atoms with van der Waals surface area (Å²) in [6.45, 7) is 2.51. The highest BCUT2D eigenvalue weighted by Gasteiger charge is 2.20. The predicted octanol–water partition coefficient (Wildman–Crippen LogP) is 3.26. The Hall–Kier alpha value is -3.39. The van der Waals surface area contributed by atoms with Crippen LogP contribution in [-0.4, -0.2) is 49.2 Å². The van der Waals surface area contributed by atoms with Crippen molar-refractivity contribution in [3.05, 3.63) is 74.7 Å². The van der Waals surface area contributed by atoms with Crippen molar-refractivity contribution in [2.24, 2.45) is 5.73 Å². The fourth-order valence-electron chi connectivity index (χ4n) is 3.45. The predicted molar refractivity (Wildman–Crippen MR) is 124 cm³/mol. The Morgan fingerprint density at radius 1 is 1.33 bits per heavy atom. The molecule has 7 nitrogen and oxygen atoms in total. The highest BCUT2D eigenvalue weighted by Crippen LogP contribution is 2.29. The molecular weight excluding hydrogens is 377 g/mol. The summed E-state index contributed by atoms with van der Waals surface area (Å²) < 4.78 is 1.58. The maximum atomic E-state index is 11.5. The van der Waals surface area contributed by atoms with E-state index in [1.54, 1.807) is 28.9 Å². The summed E-state index contributed by atoms with van der Waals surface area (Å²) in [5, 5.41) is 11.5. The van der Waals surface area contributed by atoms with E-state index in [1.807, 2.05) is 56.3 Å². The van der Waals surface area contributed by atoms with Crippen LogP contribution in [0.4, 0.5) is 11.4 Å². The SMILES string of the molecule is [B][N+]1=CC=CC1=C(CCN)c1[nH]c(/C=C/c2ccc(N(C)C)cc2[N+](=O)[O-])cc1C. The third kappa shape index (κ3) is 4.44. The van der Waals surface area contributed by atoms with Crippen molar-refractivity contribution in [3.8, 4) is 0 Å². The normalized spacial score (nSPS) is 15.0. The van der Waals surface area contributed by atoms with Crippen molar-refractivity contribution in [1.29, 1.82) is 0 Å². The third-order valence-corrected chi connectivity index (χ3v) is 4.99. The molecule has 3 rings (SSSR count). The molecule has 1 aromatic heterocycles. The van der Waals surface area contributed by atoms with Crippen molar-refractivity contribution < 1.29 is 9.41 Å². The largest absolute Gasteiger partial charge is 0.586 e. The van der Waals surface area contributed by atoms with Gasteiger partial charge in [-0.05, 0) is 55.8 Å². The summed E-state index contributed by atoms with van der Waals surface area (Å²) >= 11 is 0. The van der Waals surface area contributed by atoms with Crippen LogP contribution in [0.1, 0.15) is 28.9 Å². The first-order valence-electron chi connectivity index (χ1n) is 9.64. The summed E-state index contributed by atoms with van der Waals surface area (Å²) in [5.41, 5.74) is 12.0. The molecule has 1 aliphatic heterocycles. The molecule has 0 amide bonds. The monoisotopic (exact) mass is 402 g/mol. The van der Waals surface area contributed by atoms with E-state index in [-0.39, 0.29) is 10.6 Å². The summed E-state index contributed by atoms with van der Waals surface area (Å²) in [6.07, 6.45) is 9.90. The van der Waals surface area contributed by atoms with E-state index in [0.29, 0.717) is 18.5 Å². The number of nitrogens with zero attached hydrogens (tertiary/aromatic N) is 3. The molecule has 0 fully saturated rings. The molecule has 0 saturated heterocycles. The number of aromatic amines is 1. The molecule has 0 saturated carbocycles. The molecule has 0 aliphatic carbocycles. The average Bonchev–Trinajstić information content (AvgIpc) is 3.29. The van der Waals surface area contributed by atoms with Gasteiger partial charge in [0.25, 0.3) is 5.69 Å². The van der Waals surface area contributed by atoms with Gasteiger partial charge >= 0.3 is 7.98 Å². The van der Waals surface area contributed by atoms with Crippen LogP contribution in [0.2, 0.25) is 0 Å². The number of aryl methyl sites for hydroxylation is 1. The Balaban J connectivity index is 1.97. The summed E-state index contributed by atoms with van der Waals surface area (Å²) in [7, 11) is 9.74. The number of hydrogen-bond donors (Lipinski definition) is 2. The summed E-state index contributed by atoms with van der Waals surface area (Å²) in [5.74, 6) is 0. The maximum Gasteiger partial charge on any atom is 0.586 e. The number of benzene rings is 1. The molecule has 8 heteroatoms. The second-order valence-corrected chi connectivity index (χ2v) is 7.33. The summed E-state index contributed by atoms with van der Waals surface area (Å²) in [6, 6.07) is 7.20. The molecule has 1 aromatic carbocycles. The van der Waals surface area contributed by atoms with Crippen LogP contribution in [0, 0.1) is 17.0 Å². The molecular formula is C22H25BN5O2+. The lowest BCUT2D eigenvalue weighted by atomic mass is 10.0. The molecule has 2 aromatic rings. The van der Waals surface area contributed by atoms with Crippen LogP contribution in [0.25, 0.3) is 17.7 Å². The second-order valence-electron chi connectivity index (χ2n) is 7.33. The van der Waals surface area contributed by atoms with Gasteiger partial charge in [0, 0.05) is 49.3 Å². The molecule has 3 N–H and O–H groups in total. The van der Waals surface area contributed by atoms with Crippen LogP contribution in [0.15, 0.2) is 42.1 Å². The molecule has 0 bridgehead atoms. The quantitative estimate of drug-likeness (QED) is 0.423. The standard InChI is InChI=1S/C22H25BN5O2/c1-15-13-17(25-22(15)19(10-11-24)20-5-4-12-27(20)23)8-6-16-7-9-18(26(2)3)14-21(16)28(29)30/h4-9,12-14,25H,10-11,24H2,1-3H3/q+1. The zero-order chi connectivity index (χ0) is 21.8. The van der Waals surface area contributed by atoms with E-state index in [9.17, 15) is 10.1 Å². The fourth-order valence-corrected chi connectivity index (χ4v) is 3.45. The van der Waals surface area contributed by atoms with Gasteiger partial charge in [-0.2, -0.15) is 0 Å². The van der Waals surface area contributed by atoms with E-state index >= 15 is 0 Å². The average molecular weight is 402 g/mol. The number of nitro groups is 1. The Bertz CT molecular complexity index is 1090. The number of nitrogens with one attached hydrogen (secondary N) is 1. The molecule has 2 radical (unpaired) electrons. The summed E-state index contributed by atoms with van der Waals surface area (Å²) in [4.78, 5) is 16.4. The minimum atomic E-state index is -0.361. The number of hydrogen-bond acceptors (Lipinski definition) is 4. The van der Waals surface area contributed by atoms with Crippen molar-refractivity contribution in [1.82, 2.24) is 4.98 Å². The second kappa shape index (κ2) is 8.96. The van der Waals surface area contributed by atoms with Gasteiger partial charge in [0.1, 0.15) is 6.21 Å². The molecule has 30 heavy (non-hydrogen) atoms. The molecule has 0 spiro atoms. The number of nitrogens with two attached hydrogens (primary N) is 1.